The van der Waals surface area contributed by atoms with Crippen molar-refractivity contribution in [3.05, 3.63) is 0 Å². The lowest BCUT2D eigenvalue weighted by atomic mass is 10.5. The Morgan fingerprint density at radius 1 is 1.55 bits per heavy atom. The minimum Gasteiger partial charge on any atom is -0.482 e. The SMILES string of the molecule is CC(C)OCC(=S)OCCO. The minimum absolute atomic E-state index is 0.0121. The number of thiocarbonyl (C=S) groups is 1. The zero-order chi connectivity index (χ0) is 8.69. The third kappa shape index (κ3) is 7.71. The van der Waals surface area contributed by atoms with Crippen LogP contribution in [0.2, 0.25) is 0 Å². The van der Waals surface area contributed by atoms with Crippen LogP contribution in [0.25, 0.3) is 0 Å². The van der Waals surface area contributed by atoms with Crippen molar-refractivity contribution in [1.29, 1.82) is 0 Å². The molecule has 4 heteroatoms. The summed E-state index contributed by atoms with van der Waals surface area (Å²) in [6.45, 7) is 4.42. The predicted octanol–water partition coefficient (Wildman–Crippen LogP) is 0.748. The Kier molecular flexibility index (Phi) is 6.40. The van der Waals surface area contributed by atoms with Gasteiger partial charge in [-0.15, -0.1) is 0 Å². The number of aliphatic hydroxyl groups is 1. The van der Waals surface area contributed by atoms with Gasteiger partial charge in [-0.3, -0.25) is 0 Å². The van der Waals surface area contributed by atoms with Crippen LogP contribution in [-0.4, -0.2) is 36.1 Å². The molecule has 3 nitrogen and oxygen atoms in total. The first-order valence-corrected chi connectivity index (χ1v) is 3.95. The molecule has 0 unspecified atom stereocenters. The third-order valence-electron chi connectivity index (χ3n) is 0.889. The summed E-state index contributed by atoms with van der Waals surface area (Å²) >= 11 is 4.78. The highest BCUT2D eigenvalue weighted by Gasteiger charge is 1.98. The summed E-state index contributed by atoms with van der Waals surface area (Å²) in [7, 11) is 0. The van der Waals surface area contributed by atoms with Crippen LogP contribution in [0.3, 0.4) is 0 Å². The highest BCUT2D eigenvalue weighted by molar-refractivity contribution is 7.80. The molecule has 0 radical (unpaired) electrons. The topological polar surface area (TPSA) is 38.7 Å². The molecule has 11 heavy (non-hydrogen) atoms. The van der Waals surface area contributed by atoms with E-state index in [9.17, 15) is 0 Å². The molecule has 0 aliphatic rings. The molecule has 0 aromatic rings. The second-order valence-corrected chi connectivity index (χ2v) is 2.76. The van der Waals surface area contributed by atoms with Crippen molar-refractivity contribution in [3.63, 3.8) is 0 Å². The maximum Gasteiger partial charge on any atom is 0.185 e. The lowest BCUT2D eigenvalue weighted by molar-refractivity contribution is 0.0947. The number of hydrogen-bond acceptors (Lipinski definition) is 4. The normalized spacial score (nSPS) is 10.2. The van der Waals surface area contributed by atoms with Crippen molar-refractivity contribution in [2.45, 2.75) is 20.0 Å². The Morgan fingerprint density at radius 2 is 2.18 bits per heavy atom. The van der Waals surface area contributed by atoms with Gasteiger partial charge in [0.25, 0.3) is 0 Å². The summed E-state index contributed by atoms with van der Waals surface area (Å²) in [4.78, 5) is 0. The van der Waals surface area contributed by atoms with Crippen molar-refractivity contribution < 1.29 is 14.6 Å². The van der Waals surface area contributed by atoms with E-state index >= 15 is 0 Å². The summed E-state index contributed by atoms with van der Waals surface area (Å²) in [6.07, 6.45) is 0.158. The van der Waals surface area contributed by atoms with Crippen molar-refractivity contribution in [1.82, 2.24) is 0 Å². The van der Waals surface area contributed by atoms with Gasteiger partial charge in [-0.1, -0.05) is 0 Å². The number of aliphatic hydroxyl groups excluding tert-OH is 1. The summed E-state index contributed by atoms with van der Waals surface area (Å²) in [5.41, 5.74) is 0. The third-order valence-corrected chi connectivity index (χ3v) is 1.12. The quantitative estimate of drug-likeness (QED) is 0.630. The minimum atomic E-state index is -0.0121. The van der Waals surface area contributed by atoms with Crippen LogP contribution in [0.4, 0.5) is 0 Å². The van der Waals surface area contributed by atoms with Gasteiger partial charge in [0.05, 0.1) is 12.7 Å². The van der Waals surface area contributed by atoms with Crippen molar-refractivity contribution >= 4 is 17.3 Å². The van der Waals surface area contributed by atoms with Gasteiger partial charge >= 0.3 is 0 Å². The maximum absolute atomic E-state index is 8.37. The van der Waals surface area contributed by atoms with E-state index in [-0.39, 0.29) is 19.3 Å². The average Bonchev–Trinajstić information content (AvgIpc) is 1.97. The molecule has 0 heterocycles. The van der Waals surface area contributed by atoms with Gasteiger partial charge < -0.3 is 14.6 Å². The van der Waals surface area contributed by atoms with Crippen LogP contribution in [0.5, 0.6) is 0 Å². The summed E-state index contributed by atoms with van der Waals surface area (Å²) in [5.74, 6) is 0. The van der Waals surface area contributed by atoms with Gasteiger partial charge in [0.1, 0.15) is 13.2 Å². The zero-order valence-electron chi connectivity index (χ0n) is 6.87. The van der Waals surface area contributed by atoms with Crippen molar-refractivity contribution in [3.8, 4) is 0 Å². The number of rotatable bonds is 5. The second kappa shape index (κ2) is 6.52. The predicted molar refractivity (Wildman–Crippen MR) is 46.7 cm³/mol. The van der Waals surface area contributed by atoms with Gasteiger partial charge in [0.15, 0.2) is 5.05 Å². The van der Waals surface area contributed by atoms with Gasteiger partial charge in [-0.2, -0.15) is 0 Å². The molecule has 0 fully saturated rings. The van der Waals surface area contributed by atoms with Gasteiger partial charge in [-0.05, 0) is 26.1 Å². The molecule has 0 rings (SSSR count). The van der Waals surface area contributed by atoms with Crippen molar-refractivity contribution in [2.24, 2.45) is 0 Å². The molecular formula is C7H14O3S. The summed E-state index contributed by atoms with van der Waals surface area (Å²) < 4.78 is 10.1. The van der Waals surface area contributed by atoms with E-state index in [1.807, 2.05) is 13.8 Å². The number of ether oxygens (including phenoxy) is 2. The number of hydrogen-bond donors (Lipinski definition) is 1. The average molecular weight is 178 g/mol. The molecule has 0 saturated carbocycles. The molecular weight excluding hydrogens is 164 g/mol. The molecule has 0 saturated heterocycles. The Morgan fingerprint density at radius 3 is 2.64 bits per heavy atom. The molecule has 0 spiro atoms. The van der Waals surface area contributed by atoms with E-state index in [2.05, 4.69) is 0 Å². The zero-order valence-corrected chi connectivity index (χ0v) is 7.69. The largest absolute Gasteiger partial charge is 0.482 e. The Bertz CT molecular complexity index is 114. The standard InChI is InChI=1S/C7H14O3S/c1-6(2)10-5-7(11)9-4-3-8/h6,8H,3-5H2,1-2H3. The van der Waals surface area contributed by atoms with Crippen LogP contribution < -0.4 is 0 Å². The molecule has 1 N–H and O–H groups in total. The van der Waals surface area contributed by atoms with Gasteiger partial charge in [-0.25, -0.2) is 0 Å². The molecule has 0 aromatic carbocycles. The first-order valence-electron chi connectivity index (χ1n) is 3.55. The molecule has 0 atom stereocenters. The highest BCUT2D eigenvalue weighted by atomic mass is 32.1. The van der Waals surface area contributed by atoms with Crippen molar-refractivity contribution in [2.75, 3.05) is 19.8 Å². The molecule has 0 aliphatic heterocycles. The summed E-state index contributed by atoms with van der Waals surface area (Å²) in [5, 5.41) is 8.76. The smallest absolute Gasteiger partial charge is 0.185 e. The lowest BCUT2D eigenvalue weighted by Gasteiger charge is -2.08. The van der Waals surface area contributed by atoms with Crippen LogP contribution in [-0.2, 0) is 9.47 Å². The van der Waals surface area contributed by atoms with Crippen LogP contribution >= 0.6 is 12.2 Å². The Labute approximate surface area is 72.3 Å². The van der Waals surface area contributed by atoms with E-state index in [1.165, 1.54) is 0 Å². The first-order chi connectivity index (χ1) is 5.16. The van der Waals surface area contributed by atoms with Gasteiger partial charge in [0.2, 0.25) is 0 Å². The second-order valence-electron chi connectivity index (χ2n) is 2.30. The molecule has 0 amide bonds. The fourth-order valence-corrected chi connectivity index (χ4v) is 0.587. The first kappa shape index (κ1) is 10.8. The van der Waals surface area contributed by atoms with Crippen LogP contribution in [0, 0.1) is 0 Å². The molecule has 0 bridgehead atoms. The monoisotopic (exact) mass is 178 g/mol. The fourth-order valence-electron chi connectivity index (χ4n) is 0.436. The van der Waals surface area contributed by atoms with E-state index in [0.717, 1.165) is 0 Å². The van der Waals surface area contributed by atoms with Crippen LogP contribution in [0.1, 0.15) is 13.8 Å². The lowest BCUT2D eigenvalue weighted by Crippen LogP contribution is -2.15. The van der Waals surface area contributed by atoms with E-state index in [0.29, 0.717) is 11.7 Å². The molecule has 0 aromatic heterocycles. The van der Waals surface area contributed by atoms with E-state index in [4.69, 9.17) is 26.8 Å². The van der Waals surface area contributed by atoms with E-state index in [1.54, 1.807) is 0 Å². The fraction of sp³-hybridized carbons (Fsp3) is 0.857. The van der Waals surface area contributed by atoms with Crippen LogP contribution in [0.15, 0.2) is 0 Å². The molecule has 66 valence electrons. The maximum atomic E-state index is 8.37. The van der Waals surface area contributed by atoms with Gasteiger partial charge in [0, 0.05) is 0 Å². The Balaban J connectivity index is 3.23. The van der Waals surface area contributed by atoms with E-state index < -0.39 is 0 Å². The molecule has 0 aliphatic carbocycles. The highest BCUT2D eigenvalue weighted by Crippen LogP contribution is 1.90. The Hall–Kier alpha value is -0.190. The summed E-state index contributed by atoms with van der Waals surface area (Å²) in [6, 6.07) is 0.